The van der Waals surface area contributed by atoms with Gasteiger partial charge in [-0.2, -0.15) is 5.10 Å². The summed E-state index contributed by atoms with van der Waals surface area (Å²) < 4.78 is 10.8. The summed E-state index contributed by atoms with van der Waals surface area (Å²) in [7, 11) is 1.54. The molecule has 2 amide bonds. The summed E-state index contributed by atoms with van der Waals surface area (Å²) in [6.07, 6.45) is 4.25. The number of nitrogens with zero attached hydrogens (tertiary/aromatic N) is 5. The van der Waals surface area contributed by atoms with E-state index in [2.05, 4.69) is 20.1 Å². The Kier molecular flexibility index (Phi) is 8.97. The summed E-state index contributed by atoms with van der Waals surface area (Å²) in [6, 6.07) is 15.7. The molecule has 0 aliphatic carbocycles. The monoisotopic (exact) mass is 532 g/mol. The molecule has 2 aliphatic rings. The third-order valence-electron chi connectivity index (χ3n) is 7.51. The maximum Gasteiger partial charge on any atom is 0.254 e. The molecule has 2 aliphatic heterocycles. The molecule has 0 bridgehead atoms. The normalized spacial score (nSPS) is 17.9. The number of aromatic nitrogens is 3. The molecule has 10 heteroatoms. The Morgan fingerprint density at radius 2 is 1.82 bits per heavy atom. The van der Waals surface area contributed by atoms with Crippen molar-refractivity contribution in [3.63, 3.8) is 0 Å². The van der Waals surface area contributed by atoms with Crippen molar-refractivity contribution in [2.24, 2.45) is 0 Å². The molecule has 0 radical (unpaired) electrons. The van der Waals surface area contributed by atoms with Crippen molar-refractivity contribution >= 4 is 17.5 Å². The SMILES string of the molecule is COCC(=O)N1CCCN(C2CCOCC2)CCN(C(=O)c2ccc(-c3ncn[nH]3)cc2)Cc2ccccc21. The molecule has 1 N–H and O–H groups in total. The van der Waals surface area contributed by atoms with Crippen LogP contribution < -0.4 is 4.90 Å². The van der Waals surface area contributed by atoms with Crippen LogP contribution in [-0.2, 0) is 20.8 Å². The average Bonchev–Trinajstić information content (AvgIpc) is 3.51. The number of hydrogen-bond acceptors (Lipinski definition) is 7. The molecule has 0 atom stereocenters. The van der Waals surface area contributed by atoms with E-state index in [0.717, 1.165) is 62.4 Å². The van der Waals surface area contributed by atoms with Gasteiger partial charge in [0, 0.05) is 75.9 Å². The van der Waals surface area contributed by atoms with Gasteiger partial charge < -0.3 is 19.3 Å². The fraction of sp³-hybridized carbons (Fsp3) is 0.448. The lowest BCUT2D eigenvalue weighted by Crippen LogP contribution is -2.45. The molecular weight excluding hydrogens is 496 g/mol. The summed E-state index contributed by atoms with van der Waals surface area (Å²) in [5.41, 5.74) is 3.24. The fourth-order valence-corrected chi connectivity index (χ4v) is 5.45. The van der Waals surface area contributed by atoms with Gasteiger partial charge in [0.25, 0.3) is 11.8 Å². The standard InChI is InChI=1S/C29H36N6O4/c1-38-20-27(36)35-14-4-13-33(25-11-17-39-18-12-25)15-16-34(19-24-5-2-3-6-26(24)35)29(37)23-9-7-22(8-10-23)28-30-21-31-32-28/h2-3,5-10,21,25H,4,11-20H2,1H3,(H,30,31,32). The van der Waals surface area contributed by atoms with Crippen molar-refractivity contribution in [1.82, 2.24) is 25.0 Å². The molecule has 5 rings (SSSR count). The number of carbonyl (C=O) groups excluding carboxylic acids is 2. The van der Waals surface area contributed by atoms with E-state index in [-0.39, 0.29) is 18.4 Å². The van der Waals surface area contributed by atoms with Crippen LogP contribution in [0.15, 0.2) is 54.9 Å². The molecule has 39 heavy (non-hydrogen) atoms. The van der Waals surface area contributed by atoms with Crippen LogP contribution in [0.25, 0.3) is 11.4 Å². The zero-order valence-corrected chi connectivity index (χ0v) is 22.4. The lowest BCUT2D eigenvalue weighted by Gasteiger charge is -2.35. The van der Waals surface area contributed by atoms with Crippen LogP contribution in [0.1, 0.15) is 35.2 Å². The van der Waals surface area contributed by atoms with Crippen LogP contribution in [0.4, 0.5) is 5.69 Å². The van der Waals surface area contributed by atoms with Gasteiger partial charge in [0.1, 0.15) is 12.9 Å². The highest BCUT2D eigenvalue weighted by Crippen LogP contribution is 2.26. The second-order valence-corrected chi connectivity index (χ2v) is 9.98. The van der Waals surface area contributed by atoms with Crippen molar-refractivity contribution in [2.45, 2.75) is 31.8 Å². The molecule has 206 valence electrons. The molecule has 3 aromatic rings. The van der Waals surface area contributed by atoms with E-state index in [1.807, 2.05) is 58.3 Å². The molecule has 0 saturated carbocycles. The quantitative estimate of drug-likeness (QED) is 0.539. The molecular formula is C29H36N6O4. The van der Waals surface area contributed by atoms with Gasteiger partial charge in [-0.15, -0.1) is 0 Å². The zero-order valence-electron chi connectivity index (χ0n) is 22.4. The Bertz CT molecular complexity index is 1230. The number of carbonyl (C=O) groups is 2. The first-order valence-electron chi connectivity index (χ1n) is 13.6. The maximum atomic E-state index is 13.9. The molecule has 3 heterocycles. The second kappa shape index (κ2) is 13.0. The number of anilines is 1. The molecule has 0 spiro atoms. The highest BCUT2D eigenvalue weighted by atomic mass is 16.5. The van der Waals surface area contributed by atoms with E-state index in [9.17, 15) is 9.59 Å². The number of amides is 2. The summed E-state index contributed by atoms with van der Waals surface area (Å²) in [5, 5.41) is 6.77. The summed E-state index contributed by atoms with van der Waals surface area (Å²) in [5.74, 6) is 0.531. The minimum atomic E-state index is -0.0808. The van der Waals surface area contributed by atoms with E-state index < -0.39 is 0 Å². The average molecular weight is 533 g/mol. The summed E-state index contributed by atoms with van der Waals surface area (Å²) >= 11 is 0. The molecule has 1 saturated heterocycles. The van der Waals surface area contributed by atoms with Gasteiger partial charge in [0.2, 0.25) is 0 Å². The molecule has 2 aromatic carbocycles. The van der Waals surface area contributed by atoms with Crippen molar-refractivity contribution in [1.29, 1.82) is 0 Å². The number of H-pyrrole nitrogens is 1. The van der Waals surface area contributed by atoms with Crippen molar-refractivity contribution in [3.05, 3.63) is 66.0 Å². The van der Waals surface area contributed by atoms with Crippen LogP contribution in [0, 0.1) is 0 Å². The van der Waals surface area contributed by atoms with E-state index in [1.165, 1.54) is 13.4 Å². The van der Waals surface area contributed by atoms with Crippen molar-refractivity contribution in [2.75, 3.05) is 58.0 Å². The van der Waals surface area contributed by atoms with Crippen molar-refractivity contribution in [3.8, 4) is 11.4 Å². The van der Waals surface area contributed by atoms with Crippen LogP contribution in [0.3, 0.4) is 0 Å². The molecule has 1 aromatic heterocycles. The first-order chi connectivity index (χ1) is 19.1. The second-order valence-electron chi connectivity index (χ2n) is 9.98. The number of rotatable bonds is 5. The van der Waals surface area contributed by atoms with Gasteiger partial charge in [-0.1, -0.05) is 30.3 Å². The Morgan fingerprint density at radius 3 is 2.56 bits per heavy atom. The van der Waals surface area contributed by atoms with E-state index in [1.54, 1.807) is 0 Å². The van der Waals surface area contributed by atoms with Crippen LogP contribution in [0.5, 0.6) is 0 Å². The number of nitrogens with one attached hydrogen (secondary N) is 1. The van der Waals surface area contributed by atoms with Gasteiger partial charge in [0.05, 0.1) is 0 Å². The largest absolute Gasteiger partial charge is 0.381 e. The molecule has 0 unspecified atom stereocenters. The smallest absolute Gasteiger partial charge is 0.254 e. The van der Waals surface area contributed by atoms with Crippen LogP contribution in [-0.4, -0.2) is 95.9 Å². The third-order valence-corrected chi connectivity index (χ3v) is 7.51. The van der Waals surface area contributed by atoms with E-state index in [4.69, 9.17) is 9.47 Å². The Morgan fingerprint density at radius 1 is 1.03 bits per heavy atom. The molecule has 1 fully saturated rings. The fourth-order valence-electron chi connectivity index (χ4n) is 5.45. The highest BCUT2D eigenvalue weighted by molar-refractivity contribution is 5.96. The predicted octanol–water partition coefficient (Wildman–Crippen LogP) is 2.98. The van der Waals surface area contributed by atoms with Gasteiger partial charge >= 0.3 is 0 Å². The molecule has 10 nitrogen and oxygen atoms in total. The number of benzene rings is 2. The Labute approximate surface area is 228 Å². The first kappa shape index (κ1) is 27.0. The van der Waals surface area contributed by atoms with Crippen LogP contribution in [0.2, 0.25) is 0 Å². The topological polar surface area (TPSA) is 104 Å². The predicted molar refractivity (Wildman–Crippen MR) is 147 cm³/mol. The first-order valence-corrected chi connectivity index (χ1v) is 13.6. The van der Waals surface area contributed by atoms with Crippen molar-refractivity contribution < 1.29 is 19.1 Å². The lowest BCUT2D eigenvalue weighted by atomic mass is 10.1. The minimum absolute atomic E-state index is 0.0121. The van der Waals surface area contributed by atoms with Gasteiger partial charge in [0.15, 0.2) is 5.82 Å². The Hall–Kier alpha value is -3.60. The number of ether oxygens (including phenoxy) is 2. The third kappa shape index (κ3) is 6.52. The number of aromatic amines is 1. The highest BCUT2D eigenvalue weighted by Gasteiger charge is 2.27. The summed E-state index contributed by atoms with van der Waals surface area (Å²) in [4.78, 5) is 37.4. The van der Waals surface area contributed by atoms with Gasteiger partial charge in [-0.3, -0.25) is 19.6 Å². The zero-order chi connectivity index (χ0) is 27.0. The summed E-state index contributed by atoms with van der Waals surface area (Å²) in [6.45, 7) is 4.71. The number of methoxy groups -OCH3 is 1. The minimum Gasteiger partial charge on any atom is -0.381 e. The number of hydrogen-bond donors (Lipinski definition) is 1. The number of fused-ring (bicyclic) bond motifs is 1. The van der Waals surface area contributed by atoms with Crippen LogP contribution >= 0.6 is 0 Å². The van der Waals surface area contributed by atoms with Gasteiger partial charge in [-0.05, 0) is 43.0 Å². The Balaban J connectivity index is 1.45. The number of para-hydroxylation sites is 1. The van der Waals surface area contributed by atoms with Gasteiger partial charge in [-0.25, -0.2) is 4.98 Å². The maximum absolute atomic E-state index is 13.9. The van der Waals surface area contributed by atoms with E-state index in [0.29, 0.717) is 37.1 Å². The van der Waals surface area contributed by atoms with E-state index >= 15 is 0 Å². The lowest BCUT2D eigenvalue weighted by molar-refractivity contribution is -0.122.